The molecular formula is C15H27N5O. The zero-order valence-electron chi connectivity index (χ0n) is 13.8. The summed E-state index contributed by atoms with van der Waals surface area (Å²) in [6.45, 7) is 12.3. The van der Waals surface area contributed by atoms with Crippen LogP contribution in [0.4, 0.5) is 11.6 Å². The van der Waals surface area contributed by atoms with Crippen LogP contribution in [0.15, 0.2) is 0 Å². The predicted octanol–water partition coefficient (Wildman–Crippen LogP) is 1.94. The maximum Gasteiger partial charge on any atom is 0.148 e. The fraction of sp³-hybridized carbons (Fsp3) is 0.733. The van der Waals surface area contributed by atoms with E-state index in [1.54, 1.807) is 0 Å². The summed E-state index contributed by atoms with van der Waals surface area (Å²) in [7, 11) is 0. The zero-order valence-corrected chi connectivity index (χ0v) is 13.8. The van der Waals surface area contributed by atoms with E-state index in [-0.39, 0.29) is 23.0 Å². The molecule has 2 unspecified atom stereocenters. The van der Waals surface area contributed by atoms with Crippen LogP contribution >= 0.6 is 0 Å². The summed E-state index contributed by atoms with van der Waals surface area (Å²) in [6, 6.07) is 0.194. The molecule has 0 aromatic carbocycles. The maximum atomic E-state index is 9.87. The lowest BCUT2D eigenvalue weighted by atomic mass is 9.64. The van der Waals surface area contributed by atoms with Crippen molar-refractivity contribution >= 4 is 11.6 Å². The van der Waals surface area contributed by atoms with Gasteiger partial charge < -0.3 is 15.8 Å². The first-order valence-electron chi connectivity index (χ1n) is 7.37. The molecule has 6 heteroatoms. The van der Waals surface area contributed by atoms with Crippen molar-refractivity contribution in [3.8, 4) is 0 Å². The van der Waals surface area contributed by atoms with Crippen molar-refractivity contribution in [3.05, 3.63) is 11.4 Å². The van der Waals surface area contributed by atoms with E-state index in [4.69, 9.17) is 5.84 Å². The number of aliphatic hydroxyl groups is 1. The Morgan fingerprint density at radius 1 is 1.24 bits per heavy atom. The summed E-state index contributed by atoms with van der Waals surface area (Å²) in [4.78, 5) is 9.15. The molecule has 1 fully saturated rings. The van der Waals surface area contributed by atoms with Crippen LogP contribution in [0, 0.1) is 12.3 Å². The second-order valence-electron chi connectivity index (χ2n) is 7.53. The lowest BCUT2D eigenvalue weighted by molar-refractivity contribution is -0.0511. The molecule has 1 aromatic heterocycles. The topological polar surface area (TPSA) is 96.1 Å². The summed E-state index contributed by atoms with van der Waals surface area (Å²) < 4.78 is 0. The SMILES string of the molecule is Cc1c(NN)nc(C(C)(C)C)nc1NC1CC(O)C1(C)C. The van der Waals surface area contributed by atoms with Crippen LogP contribution < -0.4 is 16.6 Å². The first kappa shape index (κ1) is 16.0. The van der Waals surface area contributed by atoms with Crippen LogP contribution in [0.2, 0.25) is 0 Å². The van der Waals surface area contributed by atoms with Crippen LogP contribution in [-0.2, 0) is 5.41 Å². The monoisotopic (exact) mass is 293 g/mol. The van der Waals surface area contributed by atoms with Crippen LogP contribution in [0.25, 0.3) is 0 Å². The van der Waals surface area contributed by atoms with Gasteiger partial charge in [-0.1, -0.05) is 34.6 Å². The van der Waals surface area contributed by atoms with Gasteiger partial charge in [0.1, 0.15) is 17.5 Å². The number of nitrogens with two attached hydrogens (primary N) is 1. The van der Waals surface area contributed by atoms with Crippen molar-refractivity contribution in [2.75, 3.05) is 10.7 Å². The molecule has 0 amide bonds. The fourth-order valence-corrected chi connectivity index (χ4v) is 2.45. The van der Waals surface area contributed by atoms with E-state index in [1.807, 2.05) is 6.92 Å². The Kier molecular flexibility index (Phi) is 3.88. The normalized spacial score (nSPS) is 24.4. The summed E-state index contributed by atoms with van der Waals surface area (Å²) in [5.41, 5.74) is 3.22. The van der Waals surface area contributed by atoms with Gasteiger partial charge in [0.2, 0.25) is 0 Å². The Morgan fingerprint density at radius 3 is 2.24 bits per heavy atom. The molecule has 1 aliphatic rings. The van der Waals surface area contributed by atoms with Gasteiger partial charge in [0, 0.05) is 22.4 Å². The van der Waals surface area contributed by atoms with Gasteiger partial charge >= 0.3 is 0 Å². The Balaban J connectivity index is 2.35. The van der Waals surface area contributed by atoms with Gasteiger partial charge in [-0.3, -0.25) is 0 Å². The molecule has 1 aliphatic carbocycles. The number of aliphatic hydroxyl groups excluding tert-OH is 1. The minimum atomic E-state index is -0.272. The fourth-order valence-electron chi connectivity index (χ4n) is 2.45. The van der Waals surface area contributed by atoms with Crippen molar-refractivity contribution < 1.29 is 5.11 Å². The quantitative estimate of drug-likeness (QED) is 0.502. The number of hydrogen-bond donors (Lipinski definition) is 4. The average molecular weight is 293 g/mol. The minimum Gasteiger partial charge on any atom is -0.392 e. The van der Waals surface area contributed by atoms with Crippen molar-refractivity contribution in [1.29, 1.82) is 0 Å². The highest BCUT2D eigenvalue weighted by atomic mass is 16.3. The molecule has 0 aliphatic heterocycles. The smallest absolute Gasteiger partial charge is 0.148 e. The molecule has 118 valence electrons. The molecule has 2 atom stereocenters. The lowest BCUT2D eigenvalue weighted by Gasteiger charge is -2.49. The second-order valence-corrected chi connectivity index (χ2v) is 7.53. The number of rotatable bonds is 3. The van der Waals surface area contributed by atoms with E-state index in [2.05, 4.69) is 55.3 Å². The highest BCUT2D eigenvalue weighted by Crippen LogP contribution is 2.42. The van der Waals surface area contributed by atoms with E-state index >= 15 is 0 Å². The average Bonchev–Trinajstić information content (AvgIpc) is 2.39. The molecule has 1 aromatic rings. The Labute approximate surface area is 126 Å². The van der Waals surface area contributed by atoms with Crippen molar-refractivity contribution in [3.63, 3.8) is 0 Å². The number of anilines is 2. The summed E-state index contributed by atoms with van der Waals surface area (Å²) in [6.07, 6.45) is 0.457. The second kappa shape index (κ2) is 5.10. The van der Waals surface area contributed by atoms with E-state index < -0.39 is 0 Å². The van der Waals surface area contributed by atoms with Gasteiger partial charge in [0.05, 0.1) is 6.10 Å². The standard InChI is InChI=1S/C15H27N5O/c1-8-11(17-9-7-10(21)15(9,5)6)18-13(14(2,3)4)19-12(8)20-16/h9-10,21H,7,16H2,1-6H3,(H2,17,18,19,20). The van der Waals surface area contributed by atoms with Crippen molar-refractivity contribution in [2.24, 2.45) is 11.3 Å². The Bertz CT molecular complexity index is 536. The molecule has 2 rings (SSSR count). The largest absolute Gasteiger partial charge is 0.392 e. The van der Waals surface area contributed by atoms with Gasteiger partial charge in [-0.2, -0.15) is 0 Å². The summed E-state index contributed by atoms with van der Waals surface area (Å²) in [5, 5.41) is 13.3. The molecule has 0 radical (unpaired) electrons. The van der Waals surface area contributed by atoms with E-state index in [1.165, 1.54) is 0 Å². The molecule has 0 spiro atoms. The van der Waals surface area contributed by atoms with Crippen molar-refractivity contribution in [1.82, 2.24) is 9.97 Å². The predicted molar refractivity (Wildman–Crippen MR) is 85.1 cm³/mol. The number of hydrogen-bond acceptors (Lipinski definition) is 6. The van der Waals surface area contributed by atoms with E-state index in [9.17, 15) is 5.11 Å². The number of aromatic nitrogens is 2. The minimum absolute atomic E-state index is 0.157. The number of nitrogens with one attached hydrogen (secondary N) is 2. The third-order valence-corrected chi connectivity index (χ3v) is 4.48. The molecule has 21 heavy (non-hydrogen) atoms. The van der Waals surface area contributed by atoms with Gasteiger partial charge in [0.15, 0.2) is 0 Å². The van der Waals surface area contributed by atoms with Crippen LogP contribution in [0.3, 0.4) is 0 Å². The molecule has 0 bridgehead atoms. The molecule has 1 saturated carbocycles. The van der Waals surface area contributed by atoms with E-state index in [0.717, 1.165) is 23.6 Å². The third kappa shape index (κ3) is 2.82. The van der Waals surface area contributed by atoms with Crippen LogP contribution in [0.1, 0.15) is 52.4 Å². The molecule has 5 N–H and O–H groups in total. The molecule has 6 nitrogen and oxygen atoms in total. The highest BCUT2D eigenvalue weighted by Gasteiger charge is 2.47. The van der Waals surface area contributed by atoms with Crippen molar-refractivity contribution in [2.45, 2.75) is 65.5 Å². The first-order valence-corrected chi connectivity index (χ1v) is 7.37. The number of hydrazine groups is 1. The van der Waals surface area contributed by atoms with Gasteiger partial charge in [0.25, 0.3) is 0 Å². The molecule has 0 saturated heterocycles. The summed E-state index contributed by atoms with van der Waals surface area (Å²) in [5.74, 6) is 7.73. The highest BCUT2D eigenvalue weighted by molar-refractivity contribution is 5.58. The molecule has 1 heterocycles. The number of nitrogen functional groups attached to an aromatic ring is 1. The zero-order chi connectivity index (χ0) is 16.0. The summed E-state index contributed by atoms with van der Waals surface area (Å²) >= 11 is 0. The van der Waals surface area contributed by atoms with Crippen LogP contribution in [0.5, 0.6) is 0 Å². The van der Waals surface area contributed by atoms with Gasteiger partial charge in [-0.15, -0.1) is 0 Å². The van der Waals surface area contributed by atoms with Gasteiger partial charge in [-0.05, 0) is 13.3 Å². The van der Waals surface area contributed by atoms with E-state index in [0.29, 0.717) is 5.82 Å². The first-order chi connectivity index (χ1) is 9.57. The number of nitrogens with zero attached hydrogens (tertiary/aromatic N) is 2. The molecular weight excluding hydrogens is 266 g/mol. The van der Waals surface area contributed by atoms with Crippen LogP contribution in [-0.4, -0.2) is 27.2 Å². The maximum absolute atomic E-state index is 9.87. The Morgan fingerprint density at radius 2 is 1.81 bits per heavy atom. The Hall–Kier alpha value is -1.40. The third-order valence-electron chi connectivity index (χ3n) is 4.48. The van der Waals surface area contributed by atoms with Gasteiger partial charge in [-0.25, -0.2) is 15.8 Å². The lowest BCUT2D eigenvalue weighted by Crippen LogP contribution is -2.57.